The Labute approximate surface area is 130 Å². The third-order valence-electron chi connectivity index (χ3n) is 3.87. The standard InChI is InChI=1S/C19H21NO2/c1-14(13-20-2)19(18-11-6-12-21-18)22-17-10-5-8-15-7-3-4-9-16(15)17/h3-12,14,19-20H,13H2,1-2H3. The molecule has 3 nitrogen and oxygen atoms in total. The second kappa shape index (κ2) is 6.67. The summed E-state index contributed by atoms with van der Waals surface area (Å²) in [5.41, 5.74) is 0. The fourth-order valence-electron chi connectivity index (χ4n) is 2.77. The Balaban J connectivity index is 1.95. The van der Waals surface area contributed by atoms with Crippen molar-refractivity contribution in [1.29, 1.82) is 0 Å². The second-order valence-corrected chi connectivity index (χ2v) is 5.57. The van der Waals surface area contributed by atoms with E-state index in [1.54, 1.807) is 6.26 Å². The molecule has 0 saturated carbocycles. The van der Waals surface area contributed by atoms with Crippen LogP contribution in [0.4, 0.5) is 0 Å². The molecule has 0 saturated heterocycles. The number of nitrogens with one attached hydrogen (secondary N) is 1. The average molecular weight is 295 g/mol. The summed E-state index contributed by atoms with van der Waals surface area (Å²) < 4.78 is 11.9. The molecule has 2 atom stereocenters. The lowest BCUT2D eigenvalue weighted by Crippen LogP contribution is -2.25. The van der Waals surface area contributed by atoms with Crippen LogP contribution in [-0.4, -0.2) is 13.6 Å². The van der Waals surface area contributed by atoms with E-state index in [-0.39, 0.29) is 12.0 Å². The number of fused-ring (bicyclic) bond motifs is 1. The highest BCUT2D eigenvalue weighted by Gasteiger charge is 2.24. The first-order chi connectivity index (χ1) is 10.8. The van der Waals surface area contributed by atoms with Crippen LogP contribution >= 0.6 is 0 Å². The van der Waals surface area contributed by atoms with Crippen LogP contribution in [0, 0.1) is 5.92 Å². The first-order valence-corrected chi connectivity index (χ1v) is 7.62. The van der Waals surface area contributed by atoms with Crippen molar-refractivity contribution in [3.8, 4) is 5.75 Å². The summed E-state index contributed by atoms with van der Waals surface area (Å²) in [7, 11) is 1.95. The van der Waals surface area contributed by atoms with Gasteiger partial charge in [0.25, 0.3) is 0 Å². The third-order valence-corrected chi connectivity index (χ3v) is 3.87. The fourth-order valence-corrected chi connectivity index (χ4v) is 2.77. The molecular weight excluding hydrogens is 274 g/mol. The Morgan fingerprint density at radius 1 is 1.05 bits per heavy atom. The first kappa shape index (κ1) is 14.7. The Hall–Kier alpha value is -2.26. The molecule has 0 aliphatic heterocycles. The minimum Gasteiger partial charge on any atom is -0.482 e. The second-order valence-electron chi connectivity index (χ2n) is 5.57. The van der Waals surface area contributed by atoms with Crippen molar-refractivity contribution < 1.29 is 9.15 Å². The molecule has 114 valence electrons. The highest BCUT2D eigenvalue weighted by Crippen LogP contribution is 2.33. The molecule has 0 aliphatic rings. The van der Waals surface area contributed by atoms with Crippen molar-refractivity contribution >= 4 is 10.8 Å². The molecule has 1 heterocycles. The van der Waals surface area contributed by atoms with Gasteiger partial charge in [-0.25, -0.2) is 0 Å². The van der Waals surface area contributed by atoms with Crippen LogP contribution in [0.2, 0.25) is 0 Å². The number of benzene rings is 2. The zero-order chi connectivity index (χ0) is 15.4. The Morgan fingerprint density at radius 3 is 2.64 bits per heavy atom. The molecule has 3 rings (SSSR count). The summed E-state index contributed by atoms with van der Waals surface area (Å²) >= 11 is 0. The van der Waals surface area contributed by atoms with Crippen LogP contribution in [0.1, 0.15) is 18.8 Å². The van der Waals surface area contributed by atoms with E-state index in [1.807, 2.05) is 43.4 Å². The molecule has 2 unspecified atom stereocenters. The van der Waals surface area contributed by atoms with E-state index in [9.17, 15) is 0 Å². The normalized spacial score (nSPS) is 13.9. The summed E-state index contributed by atoms with van der Waals surface area (Å²) in [5.74, 6) is 2.04. The topological polar surface area (TPSA) is 34.4 Å². The lowest BCUT2D eigenvalue weighted by atomic mass is 10.0. The number of ether oxygens (including phenoxy) is 1. The van der Waals surface area contributed by atoms with Crippen molar-refractivity contribution in [2.45, 2.75) is 13.0 Å². The Morgan fingerprint density at radius 2 is 1.86 bits per heavy atom. The minimum atomic E-state index is -0.117. The van der Waals surface area contributed by atoms with Gasteiger partial charge in [0.05, 0.1) is 6.26 Å². The largest absolute Gasteiger partial charge is 0.482 e. The predicted molar refractivity (Wildman–Crippen MR) is 89.1 cm³/mol. The zero-order valence-electron chi connectivity index (χ0n) is 13.0. The summed E-state index contributed by atoms with van der Waals surface area (Å²) in [6.45, 7) is 3.02. The van der Waals surface area contributed by atoms with Gasteiger partial charge in [-0.1, -0.05) is 43.3 Å². The van der Waals surface area contributed by atoms with Gasteiger partial charge in [0.2, 0.25) is 0 Å². The molecule has 3 heteroatoms. The molecule has 0 radical (unpaired) electrons. The zero-order valence-corrected chi connectivity index (χ0v) is 13.0. The van der Waals surface area contributed by atoms with E-state index >= 15 is 0 Å². The van der Waals surface area contributed by atoms with Gasteiger partial charge < -0.3 is 14.5 Å². The maximum atomic E-state index is 6.35. The van der Waals surface area contributed by atoms with Gasteiger partial charge in [0.15, 0.2) is 6.10 Å². The van der Waals surface area contributed by atoms with Crippen LogP contribution in [0.25, 0.3) is 10.8 Å². The van der Waals surface area contributed by atoms with Crippen molar-refractivity contribution in [3.63, 3.8) is 0 Å². The monoisotopic (exact) mass is 295 g/mol. The van der Waals surface area contributed by atoms with Gasteiger partial charge in [-0.05, 0) is 30.6 Å². The number of hydrogen-bond acceptors (Lipinski definition) is 3. The molecule has 1 aromatic heterocycles. The Bertz CT molecular complexity index is 716. The summed E-state index contributed by atoms with van der Waals surface area (Å²) in [6, 6.07) is 18.3. The number of furan rings is 1. The molecule has 0 fully saturated rings. The lowest BCUT2D eigenvalue weighted by molar-refractivity contribution is 0.121. The molecule has 1 N–H and O–H groups in total. The van der Waals surface area contributed by atoms with Crippen LogP contribution in [0.15, 0.2) is 65.3 Å². The maximum absolute atomic E-state index is 6.35. The summed E-state index contributed by atoms with van der Waals surface area (Å²) in [5, 5.41) is 5.51. The lowest BCUT2D eigenvalue weighted by Gasteiger charge is -2.24. The smallest absolute Gasteiger partial charge is 0.160 e. The van der Waals surface area contributed by atoms with Crippen molar-refractivity contribution in [2.75, 3.05) is 13.6 Å². The average Bonchev–Trinajstić information content (AvgIpc) is 3.07. The fraction of sp³-hybridized carbons (Fsp3) is 0.263. The molecular formula is C19H21NO2. The molecule has 0 amide bonds. The van der Waals surface area contributed by atoms with Crippen LogP contribution in [0.5, 0.6) is 5.75 Å². The minimum absolute atomic E-state index is 0.117. The summed E-state index contributed by atoms with van der Waals surface area (Å²) in [4.78, 5) is 0. The number of rotatable bonds is 6. The predicted octanol–water partition coefficient (Wildman–Crippen LogP) is 4.41. The van der Waals surface area contributed by atoms with E-state index in [0.29, 0.717) is 0 Å². The van der Waals surface area contributed by atoms with Gasteiger partial charge in [-0.15, -0.1) is 0 Å². The van der Waals surface area contributed by atoms with Crippen LogP contribution in [-0.2, 0) is 0 Å². The van der Waals surface area contributed by atoms with Gasteiger partial charge in [-0.3, -0.25) is 0 Å². The van der Waals surface area contributed by atoms with Gasteiger partial charge in [-0.2, -0.15) is 0 Å². The molecule has 3 aromatic rings. The van der Waals surface area contributed by atoms with Gasteiger partial charge in [0, 0.05) is 17.8 Å². The third kappa shape index (κ3) is 3.00. The van der Waals surface area contributed by atoms with Gasteiger partial charge >= 0.3 is 0 Å². The van der Waals surface area contributed by atoms with Crippen LogP contribution in [0.3, 0.4) is 0 Å². The van der Waals surface area contributed by atoms with Gasteiger partial charge in [0.1, 0.15) is 11.5 Å². The Kier molecular flexibility index (Phi) is 4.45. The maximum Gasteiger partial charge on any atom is 0.160 e. The van der Waals surface area contributed by atoms with E-state index < -0.39 is 0 Å². The van der Waals surface area contributed by atoms with E-state index in [1.165, 1.54) is 5.39 Å². The van der Waals surface area contributed by atoms with Crippen LogP contribution < -0.4 is 10.1 Å². The van der Waals surface area contributed by atoms with E-state index in [0.717, 1.165) is 23.4 Å². The molecule has 0 bridgehead atoms. The molecule has 0 spiro atoms. The number of hydrogen-bond donors (Lipinski definition) is 1. The quantitative estimate of drug-likeness (QED) is 0.731. The summed E-state index contributed by atoms with van der Waals surface area (Å²) in [6.07, 6.45) is 1.58. The SMILES string of the molecule is CNCC(C)C(Oc1cccc2ccccc12)c1ccco1. The highest BCUT2D eigenvalue weighted by atomic mass is 16.5. The molecule has 2 aromatic carbocycles. The van der Waals surface area contributed by atoms with E-state index in [2.05, 4.69) is 30.4 Å². The molecule has 22 heavy (non-hydrogen) atoms. The molecule has 0 aliphatic carbocycles. The van der Waals surface area contributed by atoms with Crippen molar-refractivity contribution in [2.24, 2.45) is 5.92 Å². The first-order valence-electron chi connectivity index (χ1n) is 7.62. The van der Waals surface area contributed by atoms with E-state index in [4.69, 9.17) is 9.15 Å². The van der Waals surface area contributed by atoms with Crippen molar-refractivity contribution in [1.82, 2.24) is 5.32 Å². The highest BCUT2D eigenvalue weighted by molar-refractivity contribution is 5.88. The van der Waals surface area contributed by atoms with Crippen molar-refractivity contribution in [3.05, 3.63) is 66.6 Å².